The first kappa shape index (κ1) is 36.9. The number of hydrogen-bond acceptors (Lipinski definition) is 9. The van der Waals surface area contributed by atoms with Gasteiger partial charge in [0.2, 0.25) is 5.60 Å². The summed E-state index contributed by atoms with van der Waals surface area (Å²) < 4.78 is 5.11. The molecule has 51 heavy (non-hydrogen) atoms. The van der Waals surface area contributed by atoms with E-state index in [4.69, 9.17) is 32.8 Å². The summed E-state index contributed by atoms with van der Waals surface area (Å²) in [5.74, 6) is -4.76. The van der Waals surface area contributed by atoms with E-state index >= 15 is 0 Å². The Morgan fingerprint density at radius 2 is 1.59 bits per heavy atom. The molecule has 3 atom stereocenters. The molecule has 3 aromatic carbocycles. The molecule has 12 nitrogen and oxygen atoms in total. The minimum Gasteiger partial charge on any atom is -0.481 e. The molecule has 0 radical (unpaired) electrons. The minimum atomic E-state index is -1.73. The SMILES string of the molecule is CC(C)C(NC(=O)c1ccc2ccccc2n1)C1=NOC(Cc2ccccc2)(C(=O)NC(CC(=O)O)C(=O)COC(=O)c2c(Cl)cccc2Cl)C1. The Balaban J connectivity index is 1.35. The van der Waals surface area contributed by atoms with Gasteiger partial charge in [0.25, 0.3) is 11.8 Å². The van der Waals surface area contributed by atoms with Gasteiger partial charge in [0.1, 0.15) is 11.7 Å². The number of amides is 2. The highest BCUT2D eigenvalue weighted by Crippen LogP contribution is 2.32. The molecule has 1 aromatic heterocycles. The van der Waals surface area contributed by atoms with Gasteiger partial charge in [0.15, 0.2) is 12.4 Å². The maximum Gasteiger partial charge on any atom is 0.341 e. The molecule has 0 fully saturated rings. The van der Waals surface area contributed by atoms with Crippen LogP contribution in [0.15, 0.2) is 90.1 Å². The molecule has 3 N–H and O–H groups in total. The van der Waals surface area contributed by atoms with E-state index in [2.05, 4.69) is 20.8 Å². The number of aliphatic carboxylic acids is 1. The molecule has 2 amide bonds. The molecule has 5 rings (SSSR count). The molecule has 1 aliphatic rings. The Hall–Kier alpha value is -5.33. The van der Waals surface area contributed by atoms with Crippen molar-refractivity contribution in [2.24, 2.45) is 11.1 Å². The third-order valence-corrected chi connectivity index (χ3v) is 8.91. The maximum absolute atomic E-state index is 14.1. The van der Waals surface area contributed by atoms with Gasteiger partial charge in [-0.3, -0.25) is 19.2 Å². The second kappa shape index (κ2) is 16.1. The van der Waals surface area contributed by atoms with E-state index in [0.29, 0.717) is 16.8 Å². The number of rotatable bonds is 14. The van der Waals surface area contributed by atoms with Gasteiger partial charge in [0, 0.05) is 18.2 Å². The van der Waals surface area contributed by atoms with Crippen LogP contribution in [0.25, 0.3) is 10.9 Å². The molecule has 0 aliphatic carbocycles. The predicted molar refractivity (Wildman–Crippen MR) is 190 cm³/mol. The second-order valence-electron chi connectivity index (χ2n) is 12.4. The molecule has 2 heterocycles. The number of fused-ring (bicyclic) bond motifs is 1. The van der Waals surface area contributed by atoms with Crippen molar-refractivity contribution in [3.05, 3.63) is 112 Å². The Labute approximate surface area is 303 Å². The van der Waals surface area contributed by atoms with Crippen LogP contribution in [0.3, 0.4) is 0 Å². The fourth-order valence-electron chi connectivity index (χ4n) is 5.65. The number of nitrogens with one attached hydrogen (secondary N) is 2. The van der Waals surface area contributed by atoms with Crippen LogP contribution in [0, 0.1) is 5.92 Å². The lowest BCUT2D eigenvalue weighted by Gasteiger charge is -2.29. The first-order valence-corrected chi connectivity index (χ1v) is 16.7. The van der Waals surface area contributed by atoms with Gasteiger partial charge < -0.3 is 25.3 Å². The molecule has 14 heteroatoms. The van der Waals surface area contributed by atoms with Crippen LogP contribution in [-0.4, -0.2) is 69.6 Å². The second-order valence-corrected chi connectivity index (χ2v) is 13.2. The van der Waals surface area contributed by atoms with Crippen molar-refractivity contribution >= 4 is 69.4 Å². The lowest BCUT2D eigenvalue weighted by molar-refractivity contribution is -0.148. The molecule has 0 spiro atoms. The van der Waals surface area contributed by atoms with Gasteiger partial charge in [-0.1, -0.05) is 103 Å². The van der Waals surface area contributed by atoms with Crippen molar-refractivity contribution in [1.29, 1.82) is 0 Å². The molecule has 3 unspecified atom stereocenters. The van der Waals surface area contributed by atoms with E-state index in [1.54, 1.807) is 48.5 Å². The first-order chi connectivity index (χ1) is 24.4. The topological polar surface area (TPSA) is 173 Å². The van der Waals surface area contributed by atoms with Gasteiger partial charge in [-0.2, -0.15) is 0 Å². The van der Waals surface area contributed by atoms with E-state index in [1.165, 1.54) is 18.2 Å². The average molecular weight is 734 g/mol. The predicted octanol–water partition coefficient (Wildman–Crippen LogP) is 5.44. The van der Waals surface area contributed by atoms with E-state index < -0.39 is 60.2 Å². The normalized spacial score (nSPS) is 16.5. The Morgan fingerprint density at radius 3 is 2.27 bits per heavy atom. The maximum atomic E-state index is 14.1. The summed E-state index contributed by atoms with van der Waals surface area (Å²) in [4.78, 5) is 75.7. The number of halogens is 2. The quantitative estimate of drug-likeness (QED) is 0.143. The zero-order valence-electron chi connectivity index (χ0n) is 27.6. The number of ether oxygens (including phenoxy) is 1. The molecule has 0 saturated carbocycles. The number of benzene rings is 3. The van der Waals surface area contributed by atoms with Crippen LogP contribution in [0.5, 0.6) is 0 Å². The van der Waals surface area contributed by atoms with Crippen LogP contribution in [0.4, 0.5) is 0 Å². The van der Waals surface area contributed by atoms with Crippen LogP contribution in [0.1, 0.15) is 53.1 Å². The molecule has 264 valence electrons. The molecule has 0 bridgehead atoms. The van der Waals surface area contributed by atoms with E-state index in [1.807, 2.05) is 32.0 Å². The van der Waals surface area contributed by atoms with Crippen LogP contribution in [-0.2, 0) is 30.4 Å². The highest BCUT2D eigenvalue weighted by atomic mass is 35.5. The van der Waals surface area contributed by atoms with E-state index in [0.717, 1.165) is 5.39 Å². The Kier molecular flexibility index (Phi) is 11.7. The van der Waals surface area contributed by atoms with E-state index in [9.17, 15) is 29.1 Å². The van der Waals surface area contributed by atoms with Crippen molar-refractivity contribution in [3.8, 4) is 0 Å². The molecular weight excluding hydrogens is 699 g/mol. The molecule has 1 aliphatic heterocycles. The minimum absolute atomic E-state index is 0.00297. The third kappa shape index (κ3) is 8.89. The largest absolute Gasteiger partial charge is 0.481 e. The number of para-hydroxylation sites is 1. The number of pyridine rings is 1. The van der Waals surface area contributed by atoms with Crippen molar-refractivity contribution in [2.45, 2.75) is 50.8 Å². The number of oxime groups is 1. The number of Topliss-reactive ketones (excluding diaryl/α,β-unsaturated/α-hetero) is 1. The van der Waals surface area contributed by atoms with E-state index in [-0.39, 0.29) is 40.1 Å². The van der Waals surface area contributed by atoms with Crippen LogP contribution >= 0.6 is 23.2 Å². The summed E-state index contributed by atoms with van der Waals surface area (Å²) in [6.45, 7) is 2.87. The lowest BCUT2D eigenvalue weighted by atomic mass is 9.84. The summed E-state index contributed by atoms with van der Waals surface area (Å²) in [5, 5.41) is 20.2. The zero-order valence-corrected chi connectivity index (χ0v) is 29.1. The van der Waals surface area contributed by atoms with Crippen molar-refractivity contribution in [3.63, 3.8) is 0 Å². The highest BCUT2D eigenvalue weighted by Gasteiger charge is 2.49. The summed E-state index contributed by atoms with van der Waals surface area (Å²) in [7, 11) is 0. The fraction of sp³-hybridized carbons (Fsp3) is 0.270. The first-order valence-electron chi connectivity index (χ1n) is 16.0. The number of esters is 1. The van der Waals surface area contributed by atoms with Crippen molar-refractivity contribution < 1.29 is 38.7 Å². The lowest BCUT2D eigenvalue weighted by Crippen LogP contribution is -2.55. The monoisotopic (exact) mass is 732 g/mol. The summed E-state index contributed by atoms with van der Waals surface area (Å²) >= 11 is 12.1. The molecular formula is C37H34Cl2N4O8. The highest BCUT2D eigenvalue weighted by molar-refractivity contribution is 6.39. The summed E-state index contributed by atoms with van der Waals surface area (Å²) in [6, 6.07) is 21.8. The number of nitrogens with zero attached hydrogens (tertiary/aromatic N) is 2. The Bertz CT molecular complexity index is 1980. The smallest absolute Gasteiger partial charge is 0.341 e. The van der Waals surface area contributed by atoms with Crippen LogP contribution in [0.2, 0.25) is 10.0 Å². The van der Waals surface area contributed by atoms with Gasteiger partial charge in [-0.05, 0) is 35.7 Å². The molecule has 0 saturated heterocycles. The van der Waals surface area contributed by atoms with Gasteiger partial charge in [0.05, 0.1) is 39.3 Å². The number of aromatic nitrogens is 1. The number of carbonyl (C=O) groups excluding carboxylic acids is 4. The third-order valence-electron chi connectivity index (χ3n) is 8.28. The van der Waals surface area contributed by atoms with Crippen molar-refractivity contribution in [2.75, 3.05) is 6.61 Å². The zero-order chi connectivity index (χ0) is 36.7. The van der Waals surface area contributed by atoms with Crippen LogP contribution < -0.4 is 10.6 Å². The standard InChI is InChI=1S/C37H34Cl2N4O8/c1-21(2)33(42-34(47)27-16-15-23-11-6-7-14-26(23)40-27)29-19-37(51-43-29,18-22-9-4-3-5-10-22)36(49)41-28(17-31(45)46)30(44)20-50-35(48)32-24(38)12-8-13-25(32)39/h3-16,21,28,33H,17-20H2,1-2H3,(H,41,49)(H,42,47)(H,45,46). The number of carbonyl (C=O) groups is 5. The molecule has 4 aromatic rings. The number of ketones is 1. The fourth-order valence-corrected chi connectivity index (χ4v) is 6.20. The Morgan fingerprint density at radius 1 is 0.902 bits per heavy atom. The summed E-state index contributed by atoms with van der Waals surface area (Å²) in [6.07, 6.45) is -0.921. The van der Waals surface area contributed by atoms with Crippen molar-refractivity contribution in [1.82, 2.24) is 15.6 Å². The summed E-state index contributed by atoms with van der Waals surface area (Å²) in [5.41, 5.74) is 0.00714. The van der Waals surface area contributed by atoms with Gasteiger partial charge in [-0.25, -0.2) is 9.78 Å². The van der Waals surface area contributed by atoms with Gasteiger partial charge in [-0.15, -0.1) is 0 Å². The number of carboxylic acid groups (broad SMARTS) is 1. The van der Waals surface area contributed by atoms with Gasteiger partial charge >= 0.3 is 11.9 Å². The average Bonchev–Trinajstić information content (AvgIpc) is 3.53. The number of carboxylic acids is 1. The number of hydrogen-bond donors (Lipinski definition) is 3.